The van der Waals surface area contributed by atoms with E-state index in [9.17, 15) is 9.59 Å². The van der Waals surface area contributed by atoms with Gasteiger partial charge in [-0.3, -0.25) is 14.2 Å². The Morgan fingerprint density at radius 1 is 1.30 bits per heavy atom. The molecule has 142 valence electrons. The van der Waals surface area contributed by atoms with E-state index in [1.54, 1.807) is 4.57 Å². The number of thioether (sulfide) groups is 1. The van der Waals surface area contributed by atoms with Gasteiger partial charge >= 0.3 is 0 Å². The number of H-pyrrole nitrogens is 1. The molecule has 0 unspecified atom stereocenters. The Balaban J connectivity index is 1.72. The van der Waals surface area contributed by atoms with Crippen molar-refractivity contribution in [2.45, 2.75) is 25.5 Å². The van der Waals surface area contributed by atoms with Crippen molar-refractivity contribution in [1.29, 1.82) is 0 Å². The molecule has 8 heteroatoms. The average Bonchev–Trinajstić information content (AvgIpc) is 3.01. The van der Waals surface area contributed by atoms with Crippen LogP contribution in [0.25, 0.3) is 11.0 Å². The SMILES string of the molecule is CCn1c(SCC(=O)Nc2ccc(N(C)C)cc2)nc2cc(C)[nH]c2c1=O. The second kappa shape index (κ2) is 7.87. The van der Waals surface area contributed by atoms with Gasteiger partial charge in [0.15, 0.2) is 5.16 Å². The lowest BCUT2D eigenvalue weighted by molar-refractivity contribution is -0.113. The van der Waals surface area contributed by atoms with Crippen LogP contribution in [0.15, 0.2) is 40.3 Å². The van der Waals surface area contributed by atoms with Crippen molar-refractivity contribution in [3.05, 3.63) is 46.4 Å². The normalized spacial score (nSPS) is 11.0. The number of aromatic nitrogens is 3. The maximum absolute atomic E-state index is 12.6. The number of carbonyl (C=O) groups is 1. The molecule has 0 bridgehead atoms. The number of benzene rings is 1. The van der Waals surface area contributed by atoms with Crippen molar-refractivity contribution in [2.75, 3.05) is 30.1 Å². The summed E-state index contributed by atoms with van der Waals surface area (Å²) in [5.41, 5.74) is 3.71. The number of fused-ring (bicyclic) bond motifs is 1. The van der Waals surface area contributed by atoms with Gasteiger partial charge in [0.25, 0.3) is 5.56 Å². The first kappa shape index (κ1) is 19.0. The third-order valence-corrected chi connectivity index (χ3v) is 5.13. The summed E-state index contributed by atoms with van der Waals surface area (Å²) in [6.07, 6.45) is 0. The highest BCUT2D eigenvalue weighted by Gasteiger charge is 2.14. The molecule has 2 aromatic heterocycles. The summed E-state index contributed by atoms with van der Waals surface area (Å²) in [6, 6.07) is 9.47. The van der Waals surface area contributed by atoms with E-state index in [0.29, 0.717) is 22.7 Å². The van der Waals surface area contributed by atoms with Gasteiger partial charge in [-0.25, -0.2) is 4.98 Å². The number of aryl methyl sites for hydroxylation is 1. The third-order valence-electron chi connectivity index (χ3n) is 4.15. The molecule has 2 heterocycles. The number of hydrogen-bond donors (Lipinski definition) is 2. The molecule has 0 aliphatic heterocycles. The molecule has 1 aromatic carbocycles. The smallest absolute Gasteiger partial charge is 0.278 e. The summed E-state index contributed by atoms with van der Waals surface area (Å²) in [7, 11) is 3.93. The van der Waals surface area contributed by atoms with Crippen molar-refractivity contribution in [2.24, 2.45) is 0 Å². The molecule has 0 saturated carbocycles. The number of hydrogen-bond acceptors (Lipinski definition) is 5. The van der Waals surface area contributed by atoms with Crippen LogP contribution in [0.4, 0.5) is 11.4 Å². The Hall–Kier alpha value is -2.74. The molecule has 2 N–H and O–H groups in total. The summed E-state index contributed by atoms with van der Waals surface area (Å²) < 4.78 is 1.59. The highest BCUT2D eigenvalue weighted by Crippen LogP contribution is 2.20. The molecule has 0 spiro atoms. The maximum atomic E-state index is 12.6. The third kappa shape index (κ3) is 4.16. The van der Waals surface area contributed by atoms with Crippen LogP contribution in [0.2, 0.25) is 0 Å². The summed E-state index contributed by atoms with van der Waals surface area (Å²) in [6.45, 7) is 4.27. The zero-order chi connectivity index (χ0) is 19.6. The second-order valence-electron chi connectivity index (χ2n) is 6.43. The molecule has 0 atom stereocenters. The zero-order valence-electron chi connectivity index (χ0n) is 15.9. The Morgan fingerprint density at radius 3 is 2.63 bits per heavy atom. The fourth-order valence-electron chi connectivity index (χ4n) is 2.77. The number of carbonyl (C=O) groups excluding carboxylic acids is 1. The standard InChI is InChI=1S/C19H23N5O2S/c1-5-24-18(26)17-15(10-12(2)20-17)22-19(24)27-11-16(25)21-13-6-8-14(9-7-13)23(3)4/h6-10,20H,5,11H2,1-4H3,(H,21,25). The van der Waals surface area contributed by atoms with E-state index in [1.165, 1.54) is 11.8 Å². The summed E-state index contributed by atoms with van der Waals surface area (Å²) in [5, 5.41) is 3.42. The minimum Gasteiger partial charge on any atom is -0.378 e. The minimum atomic E-state index is -0.139. The number of nitrogens with zero attached hydrogens (tertiary/aromatic N) is 3. The van der Waals surface area contributed by atoms with Gasteiger partial charge in [-0.15, -0.1) is 0 Å². The Kier molecular flexibility index (Phi) is 5.55. The van der Waals surface area contributed by atoms with Gasteiger partial charge in [-0.1, -0.05) is 11.8 Å². The Bertz CT molecular complexity index is 1020. The maximum Gasteiger partial charge on any atom is 0.278 e. The highest BCUT2D eigenvalue weighted by molar-refractivity contribution is 7.99. The van der Waals surface area contributed by atoms with Gasteiger partial charge in [0.2, 0.25) is 5.91 Å². The molecular formula is C19H23N5O2S. The Morgan fingerprint density at radius 2 is 2.00 bits per heavy atom. The second-order valence-corrected chi connectivity index (χ2v) is 7.38. The van der Waals surface area contributed by atoms with E-state index < -0.39 is 0 Å². The van der Waals surface area contributed by atoms with Crippen LogP contribution in [0.1, 0.15) is 12.6 Å². The van der Waals surface area contributed by atoms with Crippen molar-refractivity contribution < 1.29 is 4.79 Å². The molecule has 3 rings (SSSR count). The lowest BCUT2D eigenvalue weighted by Crippen LogP contribution is -2.23. The van der Waals surface area contributed by atoms with Gasteiger partial charge in [-0.2, -0.15) is 0 Å². The first-order valence-corrected chi connectivity index (χ1v) is 9.67. The number of nitrogens with one attached hydrogen (secondary N) is 2. The molecule has 27 heavy (non-hydrogen) atoms. The van der Waals surface area contributed by atoms with E-state index in [4.69, 9.17) is 0 Å². The summed E-state index contributed by atoms with van der Waals surface area (Å²) in [4.78, 5) is 34.5. The summed E-state index contributed by atoms with van der Waals surface area (Å²) in [5.74, 6) is 0.0383. The van der Waals surface area contributed by atoms with E-state index >= 15 is 0 Å². The molecule has 0 fully saturated rings. The largest absolute Gasteiger partial charge is 0.378 e. The molecule has 0 aliphatic rings. The fraction of sp³-hybridized carbons (Fsp3) is 0.316. The highest BCUT2D eigenvalue weighted by atomic mass is 32.2. The van der Waals surface area contributed by atoms with Crippen LogP contribution in [-0.4, -0.2) is 40.3 Å². The van der Waals surface area contributed by atoms with Crippen LogP contribution in [0.3, 0.4) is 0 Å². The molecule has 0 aliphatic carbocycles. The molecule has 3 aromatic rings. The van der Waals surface area contributed by atoms with Crippen molar-refractivity contribution in [3.63, 3.8) is 0 Å². The quantitative estimate of drug-likeness (QED) is 0.504. The van der Waals surface area contributed by atoms with E-state index in [0.717, 1.165) is 17.1 Å². The van der Waals surface area contributed by atoms with E-state index in [-0.39, 0.29) is 17.2 Å². The van der Waals surface area contributed by atoms with Crippen molar-refractivity contribution in [1.82, 2.24) is 14.5 Å². The van der Waals surface area contributed by atoms with E-state index in [1.807, 2.05) is 63.2 Å². The van der Waals surface area contributed by atoms with E-state index in [2.05, 4.69) is 15.3 Å². The number of rotatable bonds is 6. The van der Waals surface area contributed by atoms with Gasteiger partial charge in [0, 0.05) is 37.7 Å². The number of aromatic amines is 1. The fourth-order valence-corrected chi connectivity index (χ4v) is 3.63. The topological polar surface area (TPSA) is 83.0 Å². The first-order chi connectivity index (χ1) is 12.9. The number of anilines is 2. The van der Waals surface area contributed by atoms with Gasteiger partial charge in [0.05, 0.1) is 11.3 Å². The minimum absolute atomic E-state index is 0.113. The van der Waals surface area contributed by atoms with Gasteiger partial charge < -0.3 is 15.2 Å². The predicted octanol–water partition coefficient (Wildman–Crippen LogP) is 2.85. The molecule has 1 amide bonds. The molecular weight excluding hydrogens is 362 g/mol. The van der Waals surface area contributed by atoms with Crippen LogP contribution in [-0.2, 0) is 11.3 Å². The molecule has 7 nitrogen and oxygen atoms in total. The number of amides is 1. The van der Waals surface area contributed by atoms with Crippen LogP contribution < -0.4 is 15.8 Å². The predicted molar refractivity (Wildman–Crippen MR) is 111 cm³/mol. The lowest BCUT2D eigenvalue weighted by atomic mass is 10.2. The lowest BCUT2D eigenvalue weighted by Gasteiger charge is -2.13. The van der Waals surface area contributed by atoms with Crippen LogP contribution in [0.5, 0.6) is 0 Å². The average molecular weight is 385 g/mol. The molecule has 0 radical (unpaired) electrons. The van der Waals surface area contributed by atoms with Crippen LogP contribution >= 0.6 is 11.8 Å². The van der Waals surface area contributed by atoms with Crippen LogP contribution in [0, 0.1) is 6.92 Å². The Labute approximate surface area is 161 Å². The zero-order valence-corrected chi connectivity index (χ0v) is 16.7. The first-order valence-electron chi connectivity index (χ1n) is 8.69. The monoisotopic (exact) mass is 385 g/mol. The van der Waals surface area contributed by atoms with Gasteiger partial charge in [0.1, 0.15) is 5.52 Å². The van der Waals surface area contributed by atoms with Gasteiger partial charge in [-0.05, 0) is 44.2 Å². The molecule has 0 saturated heterocycles. The van der Waals surface area contributed by atoms with Crippen molar-refractivity contribution in [3.8, 4) is 0 Å². The summed E-state index contributed by atoms with van der Waals surface area (Å²) >= 11 is 1.26. The van der Waals surface area contributed by atoms with Crippen molar-refractivity contribution >= 4 is 40.1 Å².